The van der Waals surface area contributed by atoms with Crippen molar-refractivity contribution in [2.45, 2.75) is 6.92 Å². The monoisotopic (exact) mass is 357 g/mol. The van der Waals surface area contributed by atoms with Crippen LogP contribution in [-0.4, -0.2) is 28.0 Å². The molecule has 0 bridgehead atoms. The van der Waals surface area contributed by atoms with Crippen molar-refractivity contribution in [1.29, 1.82) is 0 Å². The van der Waals surface area contributed by atoms with Crippen LogP contribution in [0.1, 0.15) is 16.1 Å². The Hall–Kier alpha value is -3.06. The number of carbonyl (C=O) groups is 1. The molecular formula is C17H16ClN5O2. The minimum absolute atomic E-state index is 0.0163. The van der Waals surface area contributed by atoms with E-state index in [9.17, 15) is 4.79 Å². The Morgan fingerprint density at radius 1 is 1.24 bits per heavy atom. The summed E-state index contributed by atoms with van der Waals surface area (Å²) >= 11 is 5.97. The van der Waals surface area contributed by atoms with Crippen molar-refractivity contribution in [3.8, 4) is 11.4 Å². The lowest BCUT2D eigenvalue weighted by atomic mass is 10.2. The van der Waals surface area contributed by atoms with Crippen molar-refractivity contribution in [2.24, 2.45) is 0 Å². The summed E-state index contributed by atoms with van der Waals surface area (Å²) in [5, 5.41) is 11.0. The van der Waals surface area contributed by atoms with Crippen LogP contribution in [0.4, 0.5) is 11.5 Å². The Morgan fingerprint density at radius 3 is 2.64 bits per heavy atom. The number of nitrogens with two attached hydrogens (primary N) is 1. The number of aromatic nitrogens is 3. The molecule has 25 heavy (non-hydrogen) atoms. The molecular weight excluding hydrogens is 342 g/mol. The number of ether oxygens (including phenoxy) is 1. The van der Waals surface area contributed by atoms with E-state index in [-0.39, 0.29) is 11.5 Å². The van der Waals surface area contributed by atoms with Gasteiger partial charge in [0.15, 0.2) is 11.5 Å². The predicted octanol–water partition coefficient (Wildman–Crippen LogP) is 3.07. The van der Waals surface area contributed by atoms with Gasteiger partial charge in [0.05, 0.1) is 18.5 Å². The van der Waals surface area contributed by atoms with E-state index in [2.05, 4.69) is 15.6 Å². The van der Waals surface area contributed by atoms with Crippen LogP contribution in [-0.2, 0) is 0 Å². The zero-order valence-corrected chi connectivity index (χ0v) is 14.4. The minimum atomic E-state index is -0.503. The van der Waals surface area contributed by atoms with Crippen LogP contribution in [0.5, 0.6) is 5.75 Å². The van der Waals surface area contributed by atoms with Gasteiger partial charge in [-0.05, 0) is 37.3 Å². The summed E-state index contributed by atoms with van der Waals surface area (Å²) in [5.74, 6) is 0.112. The minimum Gasteiger partial charge on any atom is -0.495 e. The Morgan fingerprint density at radius 2 is 1.96 bits per heavy atom. The summed E-state index contributed by atoms with van der Waals surface area (Å²) in [7, 11) is 1.50. The maximum atomic E-state index is 12.5. The second kappa shape index (κ2) is 6.82. The second-order valence-corrected chi connectivity index (χ2v) is 5.81. The quantitative estimate of drug-likeness (QED) is 0.748. The number of halogens is 1. The largest absolute Gasteiger partial charge is 0.495 e. The molecule has 1 amide bonds. The lowest BCUT2D eigenvalue weighted by Gasteiger charge is -2.10. The topological polar surface area (TPSA) is 95.1 Å². The Kier molecular flexibility index (Phi) is 4.58. The number of nitrogen functional groups attached to an aromatic ring is 1. The molecule has 7 nitrogen and oxygen atoms in total. The molecule has 8 heteroatoms. The van der Waals surface area contributed by atoms with Gasteiger partial charge in [0.2, 0.25) is 0 Å². The molecule has 0 aliphatic heterocycles. The van der Waals surface area contributed by atoms with Crippen molar-refractivity contribution in [3.05, 3.63) is 58.7 Å². The molecule has 0 aliphatic rings. The van der Waals surface area contributed by atoms with Crippen LogP contribution < -0.4 is 15.8 Å². The SMILES string of the molecule is COc1ccc(Cl)cc1NC(=O)c1nnn(-c2ccc(C)cc2)c1N. The number of carbonyl (C=O) groups excluding carboxylic acids is 1. The summed E-state index contributed by atoms with van der Waals surface area (Å²) in [6.45, 7) is 1.98. The molecule has 1 aromatic heterocycles. The molecule has 3 aromatic rings. The molecule has 0 spiro atoms. The zero-order valence-electron chi connectivity index (χ0n) is 13.7. The number of amides is 1. The molecule has 0 saturated carbocycles. The molecule has 128 valence electrons. The highest BCUT2D eigenvalue weighted by Crippen LogP contribution is 2.28. The normalized spacial score (nSPS) is 10.5. The van der Waals surface area contributed by atoms with Crippen LogP contribution in [0.3, 0.4) is 0 Å². The lowest BCUT2D eigenvalue weighted by Crippen LogP contribution is -2.15. The molecule has 0 atom stereocenters. The molecule has 1 heterocycles. The van der Waals surface area contributed by atoms with Gasteiger partial charge in [0, 0.05) is 5.02 Å². The summed E-state index contributed by atoms with van der Waals surface area (Å²) < 4.78 is 6.61. The standard InChI is InChI=1S/C17H16ClN5O2/c1-10-3-6-12(7-4-10)23-16(19)15(21-22-23)17(24)20-13-9-11(18)5-8-14(13)25-2/h3-9H,19H2,1-2H3,(H,20,24). The Bertz CT molecular complexity index is 921. The third-order valence-corrected chi connectivity index (χ3v) is 3.84. The van der Waals surface area contributed by atoms with Gasteiger partial charge < -0.3 is 15.8 Å². The molecule has 0 fully saturated rings. The first-order chi connectivity index (χ1) is 12.0. The van der Waals surface area contributed by atoms with Crippen molar-refractivity contribution in [1.82, 2.24) is 15.0 Å². The number of aryl methyl sites for hydroxylation is 1. The fourth-order valence-corrected chi connectivity index (χ4v) is 2.46. The van der Waals surface area contributed by atoms with Crippen molar-refractivity contribution in [3.63, 3.8) is 0 Å². The zero-order chi connectivity index (χ0) is 18.0. The molecule has 0 unspecified atom stereocenters. The number of methoxy groups -OCH3 is 1. The van der Waals surface area contributed by atoms with Crippen LogP contribution in [0.15, 0.2) is 42.5 Å². The number of nitrogens with one attached hydrogen (secondary N) is 1. The molecule has 2 aromatic carbocycles. The van der Waals surface area contributed by atoms with Crippen LogP contribution >= 0.6 is 11.6 Å². The van der Waals surface area contributed by atoms with Crippen LogP contribution in [0.25, 0.3) is 5.69 Å². The highest BCUT2D eigenvalue weighted by molar-refractivity contribution is 6.31. The Labute approximate surface area is 149 Å². The molecule has 3 N–H and O–H groups in total. The van der Waals surface area contributed by atoms with Crippen molar-refractivity contribution in [2.75, 3.05) is 18.2 Å². The van der Waals surface area contributed by atoms with E-state index in [1.807, 2.05) is 31.2 Å². The van der Waals surface area contributed by atoms with E-state index in [4.69, 9.17) is 22.1 Å². The summed E-state index contributed by atoms with van der Waals surface area (Å²) in [4.78, 5) is 12.5. The van der Waals surface area contributed by atoms with E-state index in [0.29, 0.717) is 16.5 Å². The number of hydrogen-bond donors (Lipinski definition) is 2. The van der Waals surface area contributed by atoms with Gasteiger partial charge in [-0.2, -0.15) is 4.68 Å². The molecule has 3 rings (SSSR count). The number of rotatable bonds is 4. The lowest BCUT2D eigenvalue weighted by molar-refractivity contribution is 0.102. The van der Waals surface area contributed by atoms with E-state index >= 15 is 0 Å². The smallest absolute Gasteiger partial charge is 0.280 e. The van der Waals surface area contributed by atoms with E-state index < -0.39 is 5.91 Å². The number of anilines is 2. The fraction of sp³-hybridized carbons (Fsp3) is 0.118. The fourth-order valence-electron chi connectivity index (χ4n) is 2.29. The predicted molar refractivity (Wildman–Crippen MR) is 96.5 cm³/mol. The third-order valence-electron chi connectivity index (χ3n) is 3.61. The first-order valence-corrected chi connectivity index (χ1v) is 7.80. The molecule has 0 saturated heterocycles. The van der Waals surface area contributed by atoms with E-state index in [0.717, 1.165) is 11.3 Å². The second-order valence-electron chi connectivity index (χ2n) is 5.37. The highest BCUT2D eigenvalue weighted by Gasteiger charge is 2.19. The first kappa shape index (κ1) is 16.8. The third kappa shape index (κ3) is 3.41. The average molecular weight is 358 g/mol. The van der Waals surface area contributed by atoms with Gasteiger partial charge in [0.1, 0.15) is 5.75 Å². The van der Waals surface area contributed by atoms with Crippen molar-refractivity contribution >= 4 is 29.0 Å². The van der Waals surface area contributed by atoms with E-state index in [1.54, 1.807) is 18.2 Å². The maximum Gasteiger partial charge on any atom is 0.280 e. The van der Waals surface area contributed by atoms with Crippen molar-refractivity contribution < 1.29 is 9.53 Å². The van der Waals surface area contributed by atoms with Gasteiger partial charge >= 0.3 is 0 Å². The average Bonchev–Trinajstić information content (AvgIpc) is 2.97. The summed E-state index contributed by atoms with van der Waals surface area (Å²) in [6, 6.07) is 12.4. The van der Waals surface area contributed by atoms with Gasteiger partial charge in [-0.3, -0.25) is 4.79 Å². The molecule has 0 radical (unpaired) electrons. The number of nitrogens with zero attached hydrogens (tertiary/aromatic N) is 3. The van der Waals surface area contributed by atoms with Gasteiger partial charge in [-0.25, -0.2) is 0 Å². The van der Waals surface area contributed by atoms with Crippen LogP contribution in [0.2, 0.25) is 5.02 Å². The molecule has 0 aliphatic carbocycles. The van der Waals surface area contributed by atoms with Gasteiger partial charge in [-0.1, -0.05) is 34.5 Å². The highest BCUT2D eigenvalue weighted by atomic mass is 35.5. The summed E-state index contributed by atoms with van der Waals surface area (Å²) in [6.07, 6.45) is 0. The summed E-state index contributed by atoms with van der Waals surface area (Å²) in [5.41, 5.74) is 8.31. The maximum absolute atomic E-state index is 12.5. The Balaban J connectivity index is 1.89. The van der Waals surface area contributed by atoms with Gasteiger partial charge in [0.25, 0.3) is 5.91 Å². The van der Waals surface area contributed by atoms with Crippen LogP contribution in [0, 0.1) is 6.92 Å². The van der Waals surface area contributed by atoms with E-state index in [1.165, 1.54) is 11.8 Å². The van der Waals surface area contributed by atoms with Gasteiger partial charge in [-0.15, -0.1) is 5.10 Å². The number of hydrogen-bond acceptors (Lipinski definition) is 5. The first-order valence-electron chi connectivity index (χ1n) is 7.42. The number of benzene rings is 2.